The average Bonchev–Trinajstić information content (AvgIpc) is 2.40. The number of fused-ring (bicyclic) bond motifs is 1. The van der Waals surface area contributed by atoms with E-state index >= 15 is 0 Å². The molecule has 0 unspecified atom stereocenters. The van der Waals surface area contributed by atoms with Crippen molar-refractivity contribution in [2.24, 2.45) is 0 Å². The van der Waals surface area contributed by atoms with E-state index in [1.54, 1.807) is 0 Å². The Bertz CT molecular complexity index is 503. The van der Waals surface area contributed by atoms with E-state index in [2.05, 4.69) is 33.6 Å². The molecule has 1 aliphatic heterocycles. The first-order chi connectivity index (χ1) is 8.43. The molecule has 1 aromatic carbocycles. The topological polar surface area (TPSA) is 37.4 Å². The number of aromatic nitrogens is 1. The summed E-state index contributed by atoms with van der Waals surface area (Å²) in [5.74, 6) is 0. The number of nitrogens with one attached hydrogen (secondary N) is 1. The smallest absolute Gasteiger partial charge is 0.0946 e. The lowest BCUT2D eigenvalue weighted by molar-refractivity contribution is 0.0497. The molecule has 88 valence electrons. The number of nitrogens with zero attached hydrogens (tertiary/aromatic N) is 2. The highest BCUT2D eigenvalue weighted by Gasteiger charge is 2.11. The normalized spacial score (nSPS) is 17.2. The van der Waals surface area contributed by atoms with Gasteiger partial charge in [-0.15, -0.1) is 0 Å². The van der Waals surface area contributed by atoms with Crippen LogP contribution in [0, 0.1) is 0 Å². The molecule has 1 aliphatic rings. The Morgan fingerprint density at radius 2 is 1.94 bits per heavy atom. The lowest BCUT2D eigenvalue weighted by Crippen LogP contribution is -2.40. The van der Waals surface area contributed by atoms with Crippen LogP contribution >= 0.6 is 0 Å². The molecule has 3 rings (SSSR count). The molecule has 4 heteroatoms. The number of anilines is 1. The van der Waals surface area contributed by atoms with Crippen LogP contribution in [0.3, 0.4) is 0 Å². The Labute approximate surface area is 100 Å². The summed E-state index contributed by atoms with van der Waals surface area (Å²) in [6, 6.07) is 10.2. The molecule has 1 N–H and O–H groups in total. The summed E-state index contributed by atoms with van der Waals surface area (Å²) in [7, 11) is 0. The number of benzene rings is 1. The Kier molecular flexibility index (Phi) is 2.90. The second kappa shape index (κ2) is 4.69. The van der Waals surface area contributed by atoms with Crippen LogP contribution in [0.1, 0.15) is 0 Å². The van der Waals surface area contributed by atoms with Crippen molar-refractivity contribution in [3.05, 3.63) is 36.5 Å². The molecule has 0 saturated carbocycles. The molecule has 0 radical (unpaired) electrons. The number of rotatable bonds is 2. The standard InChI is InChI=1S/C13H15N3O/c1-3-11-4-2-6-14-13(11)12(5-1)15-16-7-9-17-10-8-16/h1-6,15H,7-10H2. The molecule has 4 nitrogen and oxygen atoms in total. The van der Waals surface area contributed by atoms with E-state index in [1.165, 1.54) is 0 Å². The lowest BCUT2D eigenvalue weighted by Gasteiger charge is -2.28. The fourth-order valence-corrected chi connectivity index (χ4v) is 2.04. The van der Waals surface area contributed by atoms with Crippen molar-refractivity contribution in [2.75, 3.05) is 31.7 Å². The van der Waals surface area contributed by atoms with Gasteiger partial charge in [0.25, 0.3) is 0 Å². The molecule has 1 saturated heterocycles. The maximum Gasteiger partial charge on any atom is 0.0946 e. The molecule has 0 amide bonds. The van der Waals surface area contributed by atoms with Gasteiger partial charge in [0.2, 0.25) is 0 Å². The number of para-hydroxylation sites is 1. The zero-order chi connectivity index (χ0) is 11.5. The third-order valence-electron chi connectivity index (χ3n) is 2.92. The quantitative estimate of drug-likeness (QED) is 0.853. The van der Waals surface area contributed by atoms with Crippen LogP contribution in [-0.4, -0.2) is 36.3 Å². The molecular weight excluding hydrogens is 214 g/mol. The van der Waals surface area contributed by atoms with E-state index < -0.39 is 0 Å². The summed E-state index contributed by atoms with van der Waals surface area (Å²) in [5.41, 5.74) is 5.49. The first-order valence-electron chi connectivity index (χ1n) is 5.86. The van der Waals surface area contributed by atoms with Crippen molar-refractivity contribution in [3.8, 4) is 0 Å². The first kappa shape index (κ1) is 10.5. The molecule has 0 aliphatic carbocycles. The van der Waals surface area contributed by atoms with Gasteiger partial charge in [-0.25, -0.2) is 5.01 Å². The molecule has 0 spiro atoms. The van der Waals surface area contributed by atoms with Crippen LogP contribution in [0.2, 0.25) is 0 Å². The predicted octanol–water partition coefficient (Wildman–Crippen LogP) is 1.89. The molecule has 2 aromatic rings. The van der Waals surface area contributed by atoms with Gasteiger partial charge >= 0.3 is 0 Å². The van der Waals surface area contributed by atoms with Crippen LogP contribution in [0.15, 0.2) is 36.5 Å². The molecule has 17 heavy (non-hydrogen) atoms. The minimum atomic E-state index is 0.783. The van der Waals surface area contributed by atoms with E-state index in [0.29, 0.717) is 0 Å². The van der Waals surface area contributed by atoms with E-state index in [9.17, 15) is 0 Å². The fourth-order valence-electron chi connectivity index (χ4n) is 2.04. The summed E-state index contributed by atoms with van der Waals surface area (Å²) in [4.78, 5) is 4.43. The second-order valence-electron chi connectivity index (χ2n) is 4.09. The summed E-state index contributed by atoms with van der Waals surface area (Å²) in [6.45, 7) is 3.38. The summed E-state index contributed by atoms with van der Waals surface area (Å²) < 4.78 is 5.33. The van der Waals surface area contributed by atoms with Crippen molar-refractivity contribution < 1.29 is 4.74 Å². The van der Waals surface area contributed by atoms with Crippen LogP contribution in [0.25, 0.3) is 10.9 Å². The number of hydrogen-bond donors (Lipinski definition) is 1. The monoisotopic (exact) mass is 229 g/mol. The largest absolute Gasteiger partial charge is 0.379 e. The SMILES string of the molecule is c1cnc2c(NN3CCOCC3)cccc2c1. The summed E-state index contributed by atoms with van der Waals surface area (Å²) in [5, 5.41) is 3.33. The molecule has 1 fully saturated rings. The third kappa shape index (κ3) is 2.23. The van der Waals surface area contributed by atoms with Crippen LogP contribution in [0.4, 0.5) is 5.69 Å². The van der Waals surface area contributed by atoms with Crippen molar-refractivity contribution in [3.63, 3.8) is 0 Å². The zero-order valence-corrected chi connectivity index (χ0v) is 9.60. The van der Waals surface area contributed by atoms with E-state index in [-0.39, 0.29) is 0 Å². The second-order valence-corrected chi connectivity index (χ2v) is 4.09. The molecule has 2 heterocycles. The minimum absolute atomic E-state index is 0.783. The van der Waals surface area contributed by atoms with Crippen molar-refractivity contribution in [2.45, 2.75) is 0 Å². The molecule has 1 aromatic heterocycles. The minimum Gasteiger partial charge on any atom is -0.379 e. The average molecular weight is 229 g/mol. The van der Waals surface area contributed by atoms with Gasteiger partial charge in [0.1, 0.15) is 0 Å². The van der Waals surface area contributed by atoms with Crippen molar-refractivity contribution in [1.82, 2.24) is 9.99 Å². The zero-order valence-electron chi connectivity index (χ0n) is 9.60. The van der Waals surface area contributed by atoms with Gasteiger partial charge < -0.3 is 10.2 Å². The summed E-state index contributed by atoms with van der Waals surface area (Å²) in [6.07, 6.45) is 1.83. The number of hydrazine groups is 1. The Hall–Kier alpha value is -1.65. The Balaban J connectivity index is 1.89. The maximum atomic E-state index is 5.33. The van der Waals surface area contributed by atoms with E-state index in [0.717, 1.165) is 42.9 Å². The van der Waals surface area contributed by atoms with Crippen molar-refractivity contribution in [1.29, 1.82) is 0 Å². The third-order valence-corrected chi connectivity index (χ3v) is 2.92. The van der Waals surface area contributed by atoms with Gasteiger partial charge in [0.05, 0.1) is 24.4 Å². The Morgan fingerprint density at radius 3 is 2.82 bits per heavy atom. The fraction of sp³-hybridized carbons (Fsp3) is 0.308. The predicted molar refractivity (Wildman–Crippen MR) is 67.8 cm³/mol. The highest BCUT2D eigenvalue weighted by atomic mass is 16.5. The van der Waals surface area contributed by atoms with Gasteiger partial charge in [-0.1, -0.05) is 18.2 Å². The van der Waals surface area contributed by atoms with E-state index in [4.69, 9.17) is 4.74 Å². The van der Waals surface area contributed by atoms with Gasteiger partial charge in [-0.3, -0.25) is 4.98 Å². The lowest BCUT2D eigenvalue weighted by atomic mass is 10.2. The molecular formula is C13H15N3O. The number of morpholine rings is 1. The van der Waals surface area contributed by atoms with Gasteiger partial charge in [-0.05, 0) is 12.1 Å². The van der Waals surface area contributed by atoms with Gasteiger partial charge in [0.15, 0.2) is 0 Å². The number of hydrogen-bond acceptors (Lipinski definition) is 4. The summed E-state index contributed by atoms with van der Waals surface area (Å²) >= 11 is 0. The maximum absolute atomic E-state index is 5.33. The van der Waals surface area contributed by atoms with Crippen LogP contribution < -0.4 is 5.43 Å². The van der Waals surface area contributed by atoms with Crippen molar-refractivity contribution >= 4 is 16.6 Å². The van der Waals surface area contributed by atoms with Crippen LogP contribution in [-0.2, 0) is 4.74 Å². The van der Waals surface area contributed by atoms with Gasteiger partial charge in [0, 0.05) is 24.7 Å². The van der Waals surface area contributed by atoms with Crippen LogP contribution in [0.5, 0.6) is 0 Å². The number of ether oxygens (including phenoxy) is 1. The van der Waals surface area contributed by atoms with Gasteiger partial charge in [-0.2, -0.15) is 0 Å². The van der Waals surface area contributed by atoms with E-state index in [1.807, 2.05) is 18.3 Å². The molecule has 0 bridgehead atoms. The first-order valence-corrected chi connectivity index (χ1v) is 5.86. The molecule has 0 atom stereocenters. The number of pyridine rings is 1. The highest BCUT2D eigenvalue weighted by Crippen LogP contribution is 2.21. The Morgan fingerprint density at radius 1 is 1.12 bits per heavy atom. The highest BCUT2D eigenvalue weighted by molar-refractivity contribution is 5.89.